The van der Waals surface area contributed by atoms with Crippen molar-refractivity contribution in [1.82, 2.24) is 4.98 Å². The normalized spacial score (nSPS) is 22.9. The fraction of sp³-hybridized carbons (Fsp3) is 0.571. The van der Waals surface area contributed by atoms with Gasteiger partial charge in [-0.25, -0.2) is 4.98 Å². The molecule has 2 atom stereocenters. The summed E-state index contributed by atoms with van der Waals surface area (Å²) in [5.74, 6) is 0.380. The maximum atomic E-state index is 8.82. The molecular weight excluding hydrogens is 212 g/mol. The van der Waals surface area contributed by atoms with E-state index < -0.39 is 0 Å². The van der Waals surface area contributed by atoms with E-state index in [2.05, 4.69) is 24.9 Å². The smallest absolute Gasteiger partial charge is 0.140 e. The van der Waals surface area contributed by atoms with Gasteiger partial charge < -0.3 is 4.74 Å². The van der Waals surface area contributed by atoms with Crippen molar-refractivity contribution in [2.75, 3.05) is 0 Å². The predicted molar refractivity (Wildman–Crippen MR) is 65.5 cm³/mol. The third-order valence-electron chi connectivity index (χ3n) is 3.45. The van der Waals surface area contributed by atoms with Crippen molar-refractivity contribution in [2.24, 2.45) is 0 Å². The van der Waals surface area contributed by atoms with Crippen molar-refractivity contribution >= 4 is 0 Å². The van der Waals surface area contributed by atoms with Crippen LogP contribution in [-0.4, -0.2) is 11.1 Å². The van der Waals surface area contributed by atoms with Gasteiger partial charge in [-0.3, -0.25) is 0 Å². The average Bonchev–Trinajstić information content (AvgIpc) is 2.37. The Hall–Kier alpha value is -1.40. The van der Waals surface area contributed by atoms with E-state index in [0.717, 1.165) is 12.1 Å². The minimum atomic E-state index is 0.303. The predicted octanol–water partition coefficient (Wildman–Crippen LogP) is 3.15. The first-order valence-corrected chi connectivity index (χ1v) is 6.27. The SMILES string of the molecule is CCCC[C@@H]1OCc2nc(C#N)ccc2[C@@H]1C. The van der Waals surface area contributed by atoms with E-state index >= 15 is 0 Å². The molecule has 90 valence electrons. The van der Waals surface area contributed by atoms with Gasteiger partial charge in [-0.05, 0) is 18.1 Å². The highest BCUT2D eigenvalue weighted by molar-refractivity contribution is 5.32. The first kappa shape index (κ1) is 12.1. The Labute approximate surface area is 102 Å². The minimum Gasteiger partial charge on any atom is -0.371 e. The Morgan fingerprint density at radius 2 is 2.35 bits per heavy atom. The number of hydrogen-bond acceptors (Lipinski definition) is 3. The van der Waals surface area contributed by atoms with Crippen LogP contribution >= 0.6 is 0 Å². The highest BCUT2D eigenvalue weighted by atomic mass is 16.5. The van der Waals surface area contributed by atoms with Gasteiger partial charge in [0.25, 0.3) is 0 Å². The Bertz CT molecular complexity index is 436. The summed E-state index contributed by atoms with van der Waals surface area (Å²) in [6.07, 6.45) is 3.81. The molecular formula is C14H18N2O. The number of aromatic nitrogens is 1. The van der Waals surface area contributed by atoms with E-state index in [1.165, 1.54) is 18.4 Å². The number of unbranched alkanes of at least 4 members (excludes halogenated alkanes) is 1. The Morgan fingerprint density at radius 3 is 3.06 bits per heavy atom. The summed E-state index contributed by atoms with van der Waals surface area (Å²) in [6.45, 7) is 4.93. The molecule has 1 aliphatic rings. The van der Waals surface area contributed by atoms with E-state index in [4.69, 9.17) is 10.00 Å². The van der Waals surface area contributed by atoms with Crippen LogP contribution in [0.3, 0.4) is 0 Å². The molecule has 0 N–H and O–H groups in total. The molecule has 0 spiro atoms. The van der Waals surface area contributed by atoms with Crippen LogP contribution in [0, 0.1) is 11.3 Å². The zero-order chi connectivity index (χ0) is 12.3. The molecule has 1 aromatic heterocycles. The third-order valence-corrected chi connectivity index (χ3v) is 3.45. The number of nitriles is 1. The fourth-order valence-electron chi connectivity index (χ4n) is 2.37. The quantitative estimate of drug-likeness (QED) is 0.801. The summed E-state index contributed by atoms with van der Waals surface area (Å²) in [5, 5.41) is 8.82. The molecule has 0 radical (unpaired) electrons. The Kier molecular flexibility index (Phi) is 3.75. The summed E-state index contributed by atoms with van der Waals surface area (Å²) in [4.78, 5) is 4.31. The summed E-state index contributed by atoms with van der Waals surface area (Å²) < 4.78 is 5.85. The van der Waals surface area contributed by atoms with E-state index in [0.29, 0.717) is 24.3 Å². The van der Waals surface area contributed by atoms with E-state index in [-0.39, 0.29) is 0 Å². The molecule has 3 nitrogen and oxygen atoms in total. The Morgan fingerprint density at radius 1 is 1.53 bits per heavy atom. The molecule has 0 unspecified atom stereocenters. The standard InChI is InChI=1S/C14H18N2O/c1-3-4-5-14-10(2)12-7-6-11(8-15)16-13(12)9-17-14/h6-7,10,14H,3-5,9H2,1-2H3/t10-,14-/m0/s1. The van der Waals surface area contributed by atoms with Gasteiger partial charge in [0, 0.05) is 5.92 Å². The first-order valence-electron chi connectivity index (χ1n) is 6.27. The van der Waals surface area contributed by atoms with Gasteiger partial charge in [0.2, 0.25) is 0 Å². The number of fused-ring (bicyclic) bond motifs is 1. The van der Waals surface area contributed by atoms with Crippen molar-refractivity contribution in [2.45, 2.75) is 51.7 Å². The van der Waals surface area contributed by atoms with Crippen LogP contribution in [0.2, 0.25) is 0 Å². The number of pyridine rings is 1. The van der Waals surface area contributed by atoms with Crippen LogP contribution in [0.4, 0.5) is 0 Å². The van der Waals surface area contributed by atoms with Crippen molar-refractivity contribution in [3.05, 3.63) is 29.1 Å². The molecule has 0 aliphatic carbocycles. The van der Waals surface area contributed by atoms with Gasteiger partial charge in [-0.1, -0.05) is 32.8 Å². The van der Waals surface area contributed by atoms with Gasteiger partial charge in [0.15, 0.2) is 0 Å². The van der Waals surface area contributed by atoms with Gasteiger partial charge in [-0.2, -0.15) is 5.26 Å². The third kappa shape index (κ3) is 2.48. The number of rotatable bonds is 3. The number of ether oxygens (including phenoxy) is 1. The van der Waals surface area contributed by atoms with Crippen LogP contribution in [0.15, 0.2) is 12.1 Å². The number of nitrogens with zero attached hydrogens (tertiary/aromatic N) is 2. The van der Waals surface area contributed by atoms with Crippen LogP contribution < -0.4 is 0 Å². The molecule has 17 heavy (non-hydrogen) atoms. The van der Waals surface area contributed by atoms with Crippen molar-refractivity contribution in [3.8, 4) is 6.07 Å². The van der Waals surface area contributed by atoms with Gasteiger partial charge in [-0.15, -0.1) is 0 Å². The molecule has 1 aromatic rings. The lowest BCUT2D eigenvalue weighted by Crippen LogP contribution is -2.27. The molecule has 0 bridgehead atoms. The highest BCUT2D eigenvalue weighted by Crippen LogP contribution is 2.32. The molecule has 0 aromatic carbocycles. The van der Waals surface area contributed by atoms with Gasteiger partial charge in [0.05, 0.1) is 18.4 Å². The largest absolute Gasteiger partial charge is 0.371 e. The molecule has 0 amide bonds. The second kappa shape index (κ2) is 5.29. The van der Waals surface area contributed by atoms with Gasteiger partial charge >= 0.3 is 0 Å². The maximum absolute atomic E-state index is 8.82. The molecule has 1 aliphatic heterocycles. The zero-order valence-corrected chi connectivity index (χ0v) is 10.4. The zero-order valence-electron chi connectivity index (χ0n) is 10.4. The van der Waals surface area contributed by atoms with Gasteiger partial charge in [0.1, 0.15) is 11.8 Å². The first-order chi connectivity index (χ1) is 8.26. The van der Waals surface area contributed by atoms with E-state index in [1.54, 1.807) is 6.07 Å². The lowest BCUT2D eigenvalue weighted by atomic mass is 9.89. The molecule has 2 rings (SSSR count). The average molecular weight is 230 g/mol. The lowest BCUT2D eigenvalue weighted by molar-refractivity contribution is 0.00296. The number of hydrogen-bond donors (Lipinski definition) is 0. The summed E-state index contributed by atoms with van der Waals surface area (Å²) in [5.41, 5.74) is 2.66. The van der Waals surface area contributed by atoms with Crippen LogP contribution in [0.25, 0.3) is 0 Å². The summed E-state index contributed by atoms with van der Waals surface area (Å²) in [7, 11) is 0. The highest BCUT2D eigenvalue weighted by Gasteiger charge is 2.27. The van der Waals surface area contributed by atoms with Crippen LogP contribution in [-0.2, 0) is 11.3 Å². The topological polar surface area (TPSA) is 45.9 Å². The van der Waals surface area contributed by atoms with E-state index in [1.807, 2.05) is 6.07 Å². The van der Waals surface area contributed by atoms with Crippen molar-refractivity contribution < 1.29 is 4.74 Å². The Balaban J connectivity index is 2.19. The monoisotopic (exact) mass is 230 g/mol. The van der Waals surface area contributed by atoms with Crippen LogP contribution in [0.1, 0.15) is 56.0 Å². The van der Waals surface area contributed by atoms with E-state index in [9.17, 15) is 0 Å². The lowest BCUT2D eigenvalue weighted by Gasteiger charge is -2.30. The summed E-state index contributed by atoms with van der Waals surface area (Å²) in [6, 6.07) is 5.91. The summed E-state index contributed by atoms with van der Waals surface area (Å²) >= 11 is 0. The molecule has 0 saturated heterocycles. The maximum Gasteiger partial charge on any atom is 0.140 e. The van der Waals surface area contributed by atoms with Crippen LogP contribution in [0.5, 0.6) is 0 Å². The second-order valence-electron chi connectivity index (χ2n) is 4.62. The molecule has 0 saturated carbocycles. The molecule has 3 heteroatoms. The second-order valence-corrected chi connectivity index (χ2v) is 4.62. The minimum absolute atomic E-state index is 0.303. The van der Waals surface area contributed by atoms with Crippen molar-refractivity contribution in [1.29, 1.82) is 5.26 Å². The molecule has 0 fully saturated rings. The fourth-order valence-corrected chi connectivity index (χ4v) is 2.37. The van der Waals surface area contributed by atoms with Crippen molar-refractivity contribution in [3.63, 3.8) is 0 Å². The molecule has 2 heterocycles.